The molecule has 1 fully saturated rings. The van der Waals surface area contributed by atoms with Gasteiger partial charge in [-0.25, -0.2) is 9.97 Å². The van der Waals surface area contributed by atoms with Gasteiger partial charge in [0, 0.05) is 17.6 Å². The number of nitrogen functional groups attached to an aromatic ring is 1. The van der Waals surface area contributed by atoms with Crippen LogP contribution in [-0.4, -0.2) is 45.8 Å². The van der Waals surface area contributed by atoms with Crippen molar-refractivity contribution in [1.82, 2.24) is 20.2 Å². The van der Waals surface area contributed by atoms with Crippen molar-refractivity contribution in [3.8, 4) is 0 Å². The molecule has 4 aromatic carbocycles. The molecule has 210 valence electrons. The lowest BCUT2D eigenvalue weighted by Gasteiger charge is -2.37. The van der Waals surface area contributed by atoms with Crippen LogP contribution in [0.5, 0.6) is 0 Å². The minimum atomic E-state index is -0.774. The van der Waals surface area contributed by atoms with Crippen molar-refractivity contribution >= 4 is 34.2 Å². The fourth-order valence-electron chi connectivity index (χ4n) is 5.90. The van der Waals surface area contributed by atoms with E-state index in [0.29, 0.717) is 35.4 Å². The zero-order valence-electron chi connectivity index (χ0n) is 23.1. The first-order valence-corrected chi connectivity index (χ1v) is 14.1. The van der Waals surface area contributed by atoms with Crippen LogP contribution in [0.15, 0.2) is 116 Å². The van der Waals surface area contributed by atoms with E-state index in [4.69, 9.17) is 5.73 Å². The van der Waals surface area contributed by atoms with Crippen molar-refractivity contribution in [3.63, 3.8) is 0 Å². The lowest BCUT2D eigenvalue weighted by Crippen LogP contribution is -2.51. The number of rotatable bonds is 8. The van der Waals surface area contributed by atoms with Crippen LogP contribution in [0.4, 0.5) is 11.5 Å². The van der Waals surface area contributed by atoms with Gasteiger partial charge in [-0.2, -0.15) is 0 Å². The highest BCUT2D eigenvalue weighted by Gasteiger charge is 2.39. The molecule has 0 spiro atoms. The first kappa shape index (κ1) is 27.1. The van der Waals surface area contributed by atoms with Gasteiger partial charge < -0.3 is 16.0 Å². The number of likely N-dealkylation sites (tertiary alicyclic amines) is 1. The summed E-state index contributed by atoms with van der Waals surface area (Å²) in [5.41, 5.74) is 9.58. The Labute approximate surface area is 244 Å². The van der Waals surface area contributed by atoms with Gasteiger partial charge in [0.25, 0.3) is 0 Å². The second kappa shape index (κ2) is 11.8. The minimum Gasteiger partial charge on any atom is -0.383 e. The van der Waals surface area contributed by atoms with Crippen LogP contribution in [0.25, 0.3) is 10.9 Å². The van der Waals surface area contributed by atoms with Crippen molar-refractivity contribution in [2.45, 2.75) is 24.4 Å². The largest absolute Gasteiger partial charge is 0.383 e. The molecular formula is C34H32N6O2. The molecule has 2 heterocycles. The maximum atomic E-state index is 13.8. The Bertz CT molecular complexity index is 1600. The number of aromatic nitrogens is 2. The fraction of sp³-hybridized carbons (Fsp3) is 0.176. The van der Waals surface area contributed by atoms with E-state index < -0.39 is 11.6 Å². The molecule has 42 heavy (non-hydrogen) atoms. The molecule has 0 bridgehead atoms. The smallest absolute Gasteiger partial charge is 0.247 e. The predicted molar refractivity (Wildman–Crippen MR) is 165 cm³/mol. The maximum Gasteiger partial charge on any atom is 0.247 e. The lowest BCUT2D eigenvalue weighted by molar-refractivity contribution is -0.136. The Morgan fingerprint density at radius 2 is 1.43 bits per heavy atom. The number of hydrogen-bond acceptors (Lipinski definition) is 6. The third-order valence-corrected chi connectivity index (χ3v) is 7.93. The number of hydrogen-bond donors (Lipinski definition) is 3. The summed E-state index contributed by atoms with van der Waals surface area (Å²) >= 11 is 0. The molecule has 1 saturated heterocycles. The van der Waals surface area contributed by atoms with E-state index in [0.717, 1.165) is 23.1 Å². The second-order valence-electron chi connectivity index (χ2n) is 10.4. The van der Waals surface area contributed by atoms with Crippen LogP contribution in [0, 0.1) is 0 Å². The first-order valence-electron chi connectivity index (χ1n) is 14.1. The van der Waals surface area contributed by atoms with Crippen LogP contribution in [-0.2, 0) is 15.1 Å². The van der Waals surface area contributed by atoms with Crippen molar-refractivity contribution in [2.75, 3.05) is 24.1 Å². The molecule has 1 aliphatic rings. The number of anilines is 2. The molecule has 0 unspecified atom stereocenters. The van der Waals surface area contributed by atoms with E-state index in [1.54, 1.807) is 23.1 Å². The third-order valence-electron chi connectivity index (χ3n) is 7.93. The average Bonchev–Trinajstić information content (AvgIpc) is 3.54. The molecule has 4 N–H and O–H groups in total. The molecule has 0 saturated carbocycles. The zero-order chi connectivity index (χ0) is 28.9. The second-order valence-corrected chi connectivity index (χ2v) is 10.4. The van der Waals surface area contributed by atoms with Crippen molar-refractivity contribution in [2.24, 2.45) is 0 Å². The SMILES string of the molecule is Nc1ncnc2ccc(NC(=O)[C@@H]3CCCN3C(=O)CNC(c3ccccc3)(c3ccccc3)c3ccccc3)cc12. The van der Waals surface area contributed by atoms with Gasteiger partial charge in [0.05, 0.1) is 17.6 Å². The Balaban J connectivity index is 1.26. The normalized spacial score (nSPS) is 15.0. The zero-order valence-corrected chi connectivity index (χ0v) is 23.1. The fourth-order valence-corrected chi connectivity index (χ4v) is 5.90. The van der Waals surface area contributed by atoms with Crippen LogP contribution in [0.1, 0.15) is 29.5 Å². The van der Waals surface area contributed by atoms with Crippen molar-refractivity contribution in [1.29, 1.82) is 0 Å². The van der Waals surface area contributed by atoms with Crippen molar-refractivity contribution in [3.05, 3.63) is 132 Å². The summed E-state index contributed by atoms with van der Waals surface area (Å²) in [6.07, 6.45) is 2.76. The molecule has 5 aromatic rings. The number of amides is 2. The Kier molecular flexibility index (Phi) is 7.62. The molecule has 0 aliphatic carbocycles. The van der Waals surface area contributed by atoms with Gasteiger partial charge in [-0.15, -0.1) is 0 Å². The highest BCUT2D eigenvalue weighted by molar-refractivity contribution is 6.00. The standard InChI is InChI=1S/C34H32N6O2/c35-32-28-21-27(18-19-29(28)36-23-37-32)39-33(42)30-17-10-20-40(30)31(41)22-38-34(24-11-4-1-5-12-24,25-13-6-2-7-14-25)26-15-8-3-9-16-26/h1-9,11-16,18-19,21,23,30,38H,10,17,20,22H2,(H,39,42)(H2,35,36,37)/t30-/m0/s1. The Hall–Kier alpha value is -5.08. The monoisotopic (exact) mass is 556 g/mol. The van der Waals surface area contributed by atoms with Crippen LogP contribution < -0.4 is 16.4 Å². The van der Waals surface area contributed by atoms with E-state index in [1.807, 2.05) is 54.6 Å². The maximum absolute atomic E-state index is 13.8. The lowest BCUT2D eigenvalue weighted by atomic mass is 9.77. The van der Waals surface area contributed by atoms with Crippen LogP contribution in [0.3, 0.4) is 0 Å². The number of nitrogens with two attached hydrogens (primary N) is 1. The molecule has 1 atom stereocenters. The highest BCUT2D eigenvalue weighted by Crippen LogP contribution is 2.36. The summed E-state index contributed by atoms with van der Waals surface area (Å²) in [4.78, 5) is 37.2. The van der Waals surface area contributed by atoms with Gasteiger partial charge in [-0.05, 0) is 47.7 Å². The molecule has 1 aliphatic heterocycles. The van der Waals surface area contributed by atoms with Gasteiger partial charge in [-0.1, -0.05) is 91.0 Å². The summed E-state index contributed by atoms with van der Waals surface area (Å²) in [6.45, 7) is 0.568. The summed E-state index contributed by atoms with van der Waals surface area (Å²) in [7, 11) is 0. The van der Waals surface area contributed by atoms with Gasteiger partial charge in [-0.3, -0.25) is 14.9 Å². The number of carbonyl (C=O) groups excluding carboxylic acids is 2. The third kappa shape index (κ3) is 5.20. The molecule has 1 aromatic heterocycles. The quantitative estimate of drug-likeness (QED) is 0.238. The first-order chi connectivity index (χ1) is 20.6. The minimum absolute atomic E-state index is 0.0479. The summed E-state index contributed by atoms with van der Waals surface area (Å²) in [6, 6.07) is 35.2. The topological polar surface area (TPSA) is 113 Å². The molecule has 8 nitrogen and oxygen atoms in total. The molecular weight excluding hydrogens is 524 g/mol. The number of nitrogens with zero attached hydrogens (tertiary/aromatic N) is 3. The number of benzene rings is 4. The molecule has 6 rings (SSSR count). The van der Waals surface area contributed by atoms with E-state index in [2.05, 4.69) is 57.0 Å². The summed E-state index contributed by atoms with van der Waals surface area (Å²) < 4.78 is 0. The van der Waals surface area contributed by atoms with E-state index in [1.165, 1.54) is 6.33 Å². The Morgan fingerprint density at radius 1 is 0.833 bits per heavy atom. The van der Waals surface area contributed by atoms with Crippen LogP contribution >= 0.6 is 0 Å². The Morgan fingerprint density at radius 3 is 2.02 bits per heavy atom. The number of carbonyl (C=O) groups is 2. The molecule has 0 radical (unpaired) electrons. The van der Waals surface area contributed by atoms with E-state index in [9.17, 15) is 9.59 Å². The number of fused-ring (bicyclic) bond motifs is 1. The summed E-state index contributed by atoms with van der Waals surface area (Å²) in [5, 5.41) is 7.28. The van der Waals surface area contributed by atoms with Crippen molar-refractivity contribution < 1.29 is 9.59 Å². The van der Waals surface area contributed by atoms with Gasteiger partial charge in [0.1, 0.15) is 18.2 Å². The van der Waals surface area contributed by atoms with E-state index >= 15 is 0 Å². The summed E-state index contributed by atoms with van der Waals surface area (Å²) in [5.74, 6) is -0.00869. The highest BCUT2D eigenvalue weighted by atomic mass is 16.2. The van der Waals surface area contributed by atoms with Gasteiger partial charge >= 0.3 is 0 Å². The van der Waals surface area contributed by atoms with Crippen LogP contribution in [0.2, 0.25) is 0 Å². The van der Waals surface area contributed by atoms with Gasteiger partial charge in [0.15, 0.2) is 0 Å². The number of nitrogens with one attached hydrogen (secondary N) is 2. The van der Waals surface area contributed by atoms with Gasteiger partial charge in [0.2, 0.25) is 11.8 Å². The van der Waals surface area contributed by atoms with E-state index in [-0.39, 0.29) is 18.4 Å². The average molecular weight is 557 g/mol. The molecule has 2 amide bonds. The molecule has 8 heteroatoms. The predicted octanol–water partition coefficient (Wildman–Crippen LogP) is 4.72.